The van der Waals surface area contributed by atoms with Gasteiger partial charge >= 0.3 is 5.97 Å². The largest absolute Gasteiger partial charge is 0.479 e. The summed E-state index contributed by atoms with van der Waals surface area (Å²) in [5.74, 6) is -1.13. The number of carboxylic acid groups (broad SMARTS) is 1. The van der Waals surface area contributed by atoms with E-state index in [4.69, 9.17) is 9.84 Å². The van der Waals surface area contributed by atoms with E-state index in [2.05, 4.69) is 5.32 Å². The summed E-state index contributed by atoms with van der Waals surface area (Å²) in [5, 5.41) is 20.7. The molecule has 6 heteroatoms. The van der Waals surface area contributed by atoms with Gasteiger partial charge in [-0.1, -0.05) is 42.5 Å². The van der Waals surface area contributed by atoms with Crippen LogP contribution >= 0.6 is 0 Å². The molecule has 0 unspecified atom stereocenters. The van der Waals surface area contributed by atoms with Crippen molar-refractivity contribution in [2.75, 3.05) is 0 Å². The van der Waals surface area contributed by atoms with Gasteiger partial charge in [0.2, 0.25) is 0 Å². The lowest BCUT2D eigenvalue weighted by Gasteiger charge is -2.10. The Kier molecular flexibility index (Phi) is 6.52. The molecule has 2 rings (SSSR count). The third-order valence-electron chi connectivity index (χ3n) is 3.51. The standard InChI is InChI=1S/C20H18N2O4/c1-14(20(24)25)26-18-9-7-15(8-10-18)11-17(12-21)19(23)22-13-16-5-3-2-4-6-16/h2-11,14H,13H2,1H3,(H,22,23)(H,24,25)/b17-11-/t14-/m0/s1. The number of rotatable bonds is 7. The summed E-state index contributed by atoms with van der Waals surface area (Å²) in [4.78, 5) is 22.9. The Morgan fingerprint density at radius 2 is 1.85 bits per heavy atom. The predicted molar refractivity (Wildman–Crippen MR) is 96.0 cm³/mol. The van der Waals surface area contributed by atoms with Crippen LogP contribution in [0.1, 0.15) is 18.1 Å². The van der Waals surface area contributed by atoms with Gasteiger partial charge in [0, 0.05) is 6.54 Å². The highest BCUT2D eigenvalue weighted by atomic mass is 16.5. The van der Waals surface area contributed by atoms with Gasteiger partial charge in [-0.05, 0) is 36.3 Å². The first kappa shape index (κ1) is 18.7. The zero-order valence-electron chi connectivity index (χ0n) is 14.2. The van der Waals surface area contributed by atoms with E-state index in [1.807, 2.05) is 36.4 Å². The fourth-order valence-electron chi connectivity index (χ4n) is 2.09. The monoisotopic (exact) mass is 350 g/mol. The molecule has 26 heavy (non-hydrogen) atoms. The van der Waals surface area contributed by atoms with Crippen molar-refractivity contribution in [1.29, 1.82) is 5.26 Å². The first-order valence-corrected chi connectivity index (χ1v) is 7.93. The molecule has 2 N–H and O–H groups in total. The van der Waals surface area contributed by atoms with Crippen LogP contribution in [0.5, 0.6) is 5.75 Å². The molecule has 1 atom stereocenters. The lowest BCUT2D eigenvalue weighted by molar-refractivity contribution is -0.144. The van der Waals surface area contributed by atoms with Gasteiger partial charge in [0.25, 0.3) is 5.91 Å². The van der Waals surface area contributed by atoms with Crippen molar-refractivity contribution in [1.82, 2.24) is 5.32 Å². The highest BCUT2D eigenvalue weighted by Gasteiger charge is 2.12. The second kappa shape index (κ2) is 9.04. The quantitative estimate of drug-likeness (QED) is 0.591. The van der Waals surface area contributed by atoms with Crippen LogP contribution in [0.25, 0.3) is 6.08 Å². The van der Waals surface area contributed by atoms with Gasteiger partial charge in [-0.3, -0.25) is 4.79 Å². The normalized spacial score (nSPS) is 11.9. The van der Waals surface area contributed by atoms with E-state index in [9.17, 15) is 14.9 Å². The maximum atomic E-state index is 12.1. The molecular formula is C20H18N2O4. The van der Waals surface area contributed by atoms with Crippen LogP contribution in [0, 0.1) is 11.3 Å². The third kappa shape index (κ3) is 5.49. The number of carboxylic acids is 1. The van der Waals surface area contributed by atoms with Gasteiger partial charge in [-0.25, -0.2) is 4.79 Å². The number of carbonyl (C=O) groups is 2. The highest BCUT2D eigenvalue weighted by molar-refractivity contribution is 6.01. The molecule has 132 valence electrons. The molecule has 0 aliphatic heterocycles. The Hall–Kier alpha value is -3.59. The van der Waals surface area contributed by atoms with Crippen LogP contribution in [-0.2, 0) is 16.1 Å². The fourth-order valence-corrected chi connectivity index (χ4v) is 2.09. The summed E-state index contributed by atoms with van der Waals surface area (Å²) in [5.41, 5.74) is 1.55. The Labute approximate surface area is 151 Å². The van der Waals surface area contributed by atoms with Crippen LogP contribution in [0.2, 0.25) is 0 Å². The molecule has 0 aliphatic rings. The maximum Gasteiger partial charge on any atom is 0.344 e. The number of nitriles is 1. The fraction of sp³-hybridized carbons (Fsp3) is 0.150. The van der Waals surface area contributed by atoms with Gasteiger partial charge in [0.1, 0.15) is 17.4 Å². The number of nitrogens with zero attached hydrogens (tertiary/aromatic N) is 1. The van der Waals surface area contributed by atoms with Crippen molar-refractivity contribution in [2.24, 2.45) is 0 Å². The van der Waals surface area contributed by atoms with E-state index in [0.29, 0.717) is 17.9 Å². The lowest BCUT2D eigenvalue weighted by atomic mass is 10.1. The number of nitrogens with one attached hydrogen (secondary N) is 1. The molecule has 0 radical (unpaired) electrons. The number of aliphatic carboxylic acids is 1. The van der Waals surface area contributed by atoms with Crippen molar-refractivity contribution < 1.29 is 19.4 Å². The molecule has 0 fully saturated rings. The number of hydrogen-bond donors (Lipinski definition) is 2. The minimum Gasteiger partial charge on any atom is -0.479 e. The number of carbonyl (C=O) groups excluding carboxylic acids is 1. The van der Waals surface area contributed by atoms with Crippen molar-refractivity contribution in [3.05, 3.63) is 71.3 Å². The topological polar surface area (TPSA) is 99.4 Å². The van der Waals surface area contributed by atoms with Gasteiger partial charge in [0.15, 0.2) is 6.10 Å². The summed E-state index contributed by atoms with van der Waals surface area (Å²) >= 11 is 0. The number of benzene rings is 2. The van der Waals surface area contributed by atoms with Gasteiger partial charge < -0.3 is 15.2 Å². The SMILES string of the molecule is C[C@H](Oc1ccc(/C=C(/C#N)C(=O)NCc2ccccc2)cc1)C(=O)O. The third-order valence-corrected chi connectivity index (χ3v) is 3.51. The van der Waals surface area contributed by atoms with Crippen molar-refractivity contribution in [3.8, 4) is 11.8 Å². The summed E-state index contributed by atoms with van der Waals surface area (Å²) in [6.07, 6.45) is 0.500. The number of hydrogen-bond acceptors (Lipinski definition) is 4. The van der Waals surface area contributed by atoms with E-state index in [1.165, 1.54) is 13.0 Å². The number of amides is 1. The number of ether oxygens (including phenoxy) is 1. The minimum atomic E-state index is -1.06. The zero-order chi connectivity index (χ0) is 18.9. The Morgan fingerprint density at radius 1 is 1.19 bits per heavy atom. The van der Waals surface area contributed by atoms with E-state index in [0.717, 1.165) is 5.56 Å². The summed E-state index contributed by atoms with van der Waals surface area (Å²) < 4.78 is 5.23. The van der Waals surface area contributed by atoms with Crippen LogP contribution in [0.15, 0.2) is 60.2 Å². The van der Waals surface area contributed by atoms with Gasteiger partial charge in [-0.2, -0.15) is 5.26 Å². The molecule has 0 saturated heterocycles. The molecule has 2 aromatic rings. The van der Waals surface area contributed by atoms with Crippen LogP contribution < -0.4 is 10.1 Å². The van der Waals surface area contributed by atoms with Crippen molar-refractivity contribution >= 4 is 18.0 Å². The lowest BCUT2D eigenvalue weighted by Crippen LogP contribution is -2.23. The molecule has 0 spiro atoms. The van der Waals surface area contributed by atoms with E-state index >= 15 is 0 Å². The molecule has 0 heterocycles. The Balaban J connectivity index is 2.02. The summed E-state index contributed by atoms with van der Waals surface area (Å²) in [6.45, 7) is 1.76. The van der Waals surface area contributed by atoms with Crippen LogP contribution in [0.3, 0.4) is 0 Å². The van der Waals surface area contributed by atoms with E-state index in [-0.39, 0.29) is 5.57 Å². The highest BCUT2D eigenvalue weighted by Crippen LogP contribution is 2.16. The average molecular weight is 350 g/mol. The predicted octanol–water partition coefficient (Wildman–Crippen LogP) is 2.76. The van der Waals surface area contributed by atoms with E-state index < -0.39 is 18.0 Å². The maximum absolute atomic E-state index is 12.1. The van der Waals surface area contributed by atoms with Crippen LogP contribution in [-0.4, -0.2) is 23.1 Å². The molecule has 1 amide bonds. The summed E-state index contributed by atoms with van der Waals surface area (Å²) in [6, 6.07) is 17.7. The second-order valence-corrected chi connectivity index (χ2v) is 5.51. The molecule has 6 nitrogen and oxygen atoms in total. The molecule has 0 saturated carbocycles. The van der Waals surface area contributed by atoms with E-state index in [1.54, 1.807) is 24.3 Å². The van der Waals surface area contributed by atoms with Crippen molar-refractivity contribution in [3.63, 3.8) is 0 Å². The Morgan fingerprint density at radius 3 is 2.42 bits per heavy atom. The Bertz CT molecular complexity index is 836. The first-order chi connectivity index (χ1) is 12.5. The molecular weight excluding hydrogens is 332 g/mol. The zero-order valence-corrected chi connectivity index (χ0v) is 14.2. The van der Waals surface area contributed by atoms with Gasteiger partial charge in [0.05, 0.1) is 0 Å². The smallest absolute Gasteiger partial charge is 0.344 e. The first-order valence-electron chi connectivity index (χ1n) is 7.93. The molecule has 0 aromatic heterocycles. The second-order valence-electron chi connectivity index (χ2n) is 5.51. The van der Waals surface area contributed by atoms with Crippen molar-refractivity contribution in [2.45, 2.75) is 19.6 Å². The van der Waals surface area contributed by atoms with Gasteiger partial charge in [-0.15, -0.1) is 0 Å². The summed E-state index contributed by atoms with van der Waals surface area (Å²) in [7, 11) is 0. The molecule has 2 aromatic carbocycles. The van der Waals surface area contributed by atoms with Crippen LogP contribution in [0.4, 0.5) is 0 Å². The molecule has 0 bridgehead atoms. The molecule has 0 aliphatic carbocycles. The minimum absolute atomic E-state index is 0.0199. The average Bonchev–Trinajstić information content (AvgIpc) is 2.66.